The summed E-state index contributed by atoms with van der Waals surface area (Å²) in [5.41, 5.74) is 4.70. The Labute approximate surface area is 111 Å². The number of nitrogens with zero attached hydrogens (tertiary/aromatic N) is 2. The lowest BCUT2D eigenvalue weighted by Crippen LogP contribution is -1.90. The fourth-order valence-electron chi connectivity index (χ4n) is 1.18. The molecule has 88 valence electrons. The fraction of sp³-hybridized carbons (Fsp3) is 0.0909. The minimum Gasteiger partial charge on any atom is -0.508 e. The number of rotatable bonds is 3. The van der Waals surface area contributed by atoms with Gasteiger partial charge in [-0.2, -0.15) is 5.10 Å². The standard InChI is InChI=1S/C11H10BrN3OS/c1-7-6-17-11(14-7)15-13-5-8-2-3-9(16)4-10(8)12/h2-6,16H,1H3,(H,14,15). The molecule has 4 nitrogen and oxygen atoms in total. The van der Waals surface area contributed by atoms with Gasteiger partial charge < -0.3 is 5.11 Å². The summed E-state index contributed by atoms with van der Waals surface area (Å²) in [4.78, 5) is 4.22. The molecule has 0 atom stereocenters. The summed E-state index contributed by atoms with van der Waals surface area (Å²) in [7, 11) is 0. The van der Waals surface area contributed by atoms with Gasteiger partial charge >= 0.3 is 0 Å². The van der Waals surface area contributed by atoms with Gasteiger partial charge in [0.25, 0.3) is 0 Å². The Morgan fingerprint density at radius 3 is 3.00 bits per heavy atom. The normalized spacial score (nSPS) is 10.9. The first-order valence-corrected chi connectivity index (χ1v) is 6.52. The average molecular weight is 312 g/mol. The molecular weight excluding hydrogens is 302 g/mol. The number of nitrogens with one attached hydrogen (secondary N) is 1. The van der Waals surface area contributed by atoms with Gasteiger partial charge in [-0.3, -0.25) is 5.43 Å². The lowest BCUT2D eigenvalue weighted by molar-refractivity contribution is 0.475. The van der Waals surface area contributed by atoms with E-state index in [1.807, 2.05) is 12.3 Å². The molecule has 0 fully saturated rings. The zero-order valence-electron chi connectivity index (χ0n) is 9.01. The average Bonchev–Trinajstić information content (AvgIpc) is 2.68. The topological polar surface area (TPSA) is 57.5 Å². The summed E-state index contributed by atoms with van der Waals surface area (Å²) >= 11 is 4.85. The van der Waals surface area contributed by atoms with E-state index in [1.165, 1.54) is 11.3 Å². The number of aromatic nitrogens is 1. The Kier molecular flexibility index (Phi) is 3.75. The first kappa shape index (κ1) is 12.1. The van der Waals surface area contributed by atoms with Crippen LogP contribution in [0.25, 0.3) is 0 Å². The number of hydrogen-bond acceptors (Lipinski definition) is 5. The van der Waals surface area contributed by atoms with E-state index in [9.17, 15) is 5.11 Å². The smallest absolute Gasteiger partial charge is 0.203 e. The minimum atomic E-state index is 0.220. The molecule has 0 spiro atoms. The maximum Gasteiger partial charge on any atom is 0.203 e. The maximum atomic E-state index is 9.25. The molecule has 0 unspecified atom stereocenters. The summed E-state index contributed by atoms with van der Waals surface area (Å²) in [6.45, 7) is 1.93. The zero-order valence-corrected chi connectivity index (χ0v) is 11.4. The minimum absolute atomic E-state index is 0.220. The van der Waals surface area contributed by atoms with Crippen LogP contribution in [0.4, 0.5) is 5.13 Å². The number of aromatic hydroxyl groups is 1. The van der Waals surface area contributed by atoms with Crippen LogP contribution in [0.3, 0.4) is 0 Å². The first-order valence-electron chi connectivity index (χ1n) is 4.85. The molecule has 0 radical (unpaired) electrons. The Hall–Kier alpha value is -1.40. The number of hydrazone groups is 1. The van der Waals surface area contributed by atoms with Crippen molar-refractivity contribution < 1.29 is 5.11 Å². The van der Waals surface area contributed by atoms with Crippen LogP contribution in [0.5, 0.6) is 5.75 Å². The van der Waals surface area contributed by atoms with E-state index in [4.69, 9.17) is 0 Å². The van der Waals surface area contributed by atoms with Crippen molar-refractivity contribution in [2.75, 3.05) is 5.43 Å². The van der Waals surface area contributed by atoms with Gasteiger partial charge in [0.05, 0.1) is 11.9 Å². The summed E-state index contributed by atoms with van der Waals surface area (Å²) in [6.07, 6.45) is 1.67. The highest BCUT2D eigenvalue weighted by Gasteiger charge is 1.98. The molecule has 0 aliphatic rings. The zero-order chi connectivity index (χ0) is 12.3. The van der Waals surface area contributed by atoms with Gasteiger partial charge in [0.2, 0.25) is 5.13 Å². The molecule has 0 saturated heterocycles. The molecule has 0 amide bonds. The quantitative estimate of drug-likeness (QED) is 0.675. The Balaban J connectivity index is 2.05. The number of anilines is 1. The van der Waals surface area contributed by atoms with Gasteiger partial charge in [0.15, 0.2) is 0 Å². The summed E-state index contributed by atoms with van der Waals surface area (Å²) in [5.74, 6) is 0.220. The second-order valence-corrected chi connectivity index (χ2v) is 5.08. The van der Waals surface area contributed by atoms with Crippen molar-refractivity contribution in [3.8, 4) is 5.75 Å². The van der Waals surface area contributed by atoms with Crippen molar-refractivity contribution in [1.82, 2.24) is 4.98 Å². The van der Waals surface area contributed by atoms with Crippen LogP contribution in [-0.2, 0) is 0 Å². The van der Waals surface area contributed by atoms with Crippen LogP contribution in [0.2, 0.25) is 0 Å². The van der Waals surface area contributed by atoms with Crippen LogP contribution in [-0.4, -0.2) is 16.3 Å². The van der Waals surface area contributed by atoms with Gasteiger partial charge in [-0.1, -0.05) is 0 Å². The molecule has 2 N–H and O–H groups in total. The summed E-state index contributed by atoms with van der Waals surface area (Å²) in [5, 5.41) is 16.0. The van der Waals surface area contributed by atoms with Crippen LogP contribution < -0.4 is 5.43 Å². The molecule has 17 heavy (non-hydrogen) atoms. The van der Waals surface area contributed by atoms with Crippen LogP contribution in [0.1, 0.15) is 11.3 Å². The molecule has 1 aromatic carbocycles. The number of thiazole rings is 1. The number of halogens is 1. The SMILES string of the molecule is Cc1csc(NN=Cc2ccc(O)cc2Br)n1. The largest absolute Gasteiger partial charge is 0.508 e. The number of benzene rings is 1. The van der Waals surface area contributed by atoms with Gasteiger partial charge in [-0.25, -0.2) is 4.98 Å². The number of phenolic OH excluding ortho intramolecular Hbond substituents is 1. The van der Waals surface area contributed by atoms with Gasteiger partial charge in [0, 0.05) is 15.4 Å². The van der Waals surface area contributed by atoms with Crippen molar-refractivity contribution in [3.05, 3.63) is 39.3 Å². The third-order valence-corrected chi connectivity index (χ3v) is 3.52. The second-order valence-electron chi connectivity index (χ2n) is 3.37. The molecule has 2 aromatic rings. The van der Waals surface area contributed by atoms with E-state index in [0.717, 1.165) is 20.9 Å². The number of aryl methyl sites for hydroxylation is 1. The van der Waals surface area contributed by atoms with E-state index in [0.29, 0.717) is 0 Å². The van der Waals surface area contributed by atoms with E-state index >= 15 is 0 Å². The van der Waals surface area contributed by atoms with E-state index < -0.39 is 0 Å². The molecule has 0 aliphatic carbocycles. The fourth-order valence-corrected chi connectivity index (χ4v) is 2.29. The Morgan fingerprint density at radius 2 is 2.35 bits per heavy atom. The maximum absolute atomic E-state index is 9.25. The molecular formula is C11H10BrN3OS. The van der Waals surface area contributed by atoms with Crippen molar-refractivity contribution >= 4 is 38.6 Å². The number of hydrogen-bond donors (Lipinski definition) is 2. The summed E-state index contributed by atoms with van der Waals surface area (Å²) in [6, 6.07) is 5.01. The van der Waals surface area contributed by atoms with Crippen LogP contribution in [0, 0.1) is 6.92 Å². The van der Waals surface area contributed by atoms with E-state index in [1.54, 1.807) is 24.4 Å². The lowest BCUT2D eigenvalue weighted by Gasteiger charge is -1.98. The molecule has 0 bridgehead atoms. The van der Waals surface area contributed by atoms with Crippen molar-refractivity contribution in [2.45, 2.75) is 6.92 Å². The van der Waals surface area contributed by atoms with Crippen LogP contribution >= 0.6 is 27.3 Å². The monoisotopic (exact) mass is 311 g/mol. The first-order chi connectivity index (χ1) is 8.15. The lowest BCUT2D eigenvalue weighted by atomic mass is 10.2. The van der Waals surface area contributed by atoms with Gasteiger partial charge in [-0.15, -0.1) is 11.3 Å². The predicted molar refractivity (Wildman–Crippen MR) is 73.9 cm³/mol. The van der Waals surface area contributed by atoms with E-state index in [2.05, 4.69) is 31.4 Å². The van der Waals surface area contributed by atoms with Crippen LogP contribution in [0.15, 0.2) is 33.2 Å². The highest BCUT2D eigenvalue weighted by Crippen LogP contribution is 2.21. The van der Waals surface area contributed by atoms with Crippen molar-refractivity contribution in [1.29, 1.82) is 0 Å². The second kappa shape index (κ2) is 5.29. The molecule has 1 heterocycles. The highest BCUT2D eigenvalue weighted by molar-refractivity contribution is 9.10. The molecule has 0 saturated carbocycles. The third-order valence-electron chi connectivity index (χ3n) is 1.97. The van der Waals surface area contributed by atoms with Crippen molar-refractivity contribution in [3.63, 3.8) is 0 Å². The molecule has 1 aromatic heterocycles. The highest BCUT2D eigenvalue weighted by atomic mass is 79.9. The molecule has 6 heteroatoms. The summed E-state index contributed by atoms with van der Waals surface area (Å²) < 4.78 is 0.790. The molecule has 0 aliphatic heterocycles. The molecule has 2 rings (SSSR count). The predicted octanol–water partition coefficient (Wildman–Crippen LogP) is 3.37. The Bertz CT molecular complexity index is 553. The third kappa shape index (κ3) is 3.28. The van der Waals surface area contributed by atoms with Gasteiger partial charge in [0.1, 0.15) is 5.75 Å². The number of phenols is 1. The van der Waals surface area contributed by atoms with E-state index in [-0.39, 0.29) is 5.75 Å². The van der Waals surface area contributed by atoms with Crippen molar-refractivity contribution in [2.24, 2.45) is 5.10 Å². The van der Waals surface area contributed by atoms with Gasteiger partial charge in [-0.05, 0) is 41.1 Å². The Morgan fingerprint density at radius 1 is 1.53 bits per heavy atom.